The highest BCUT2D eigenvalue weighted by Gasteiger charge is 2.28. The van der Waals surface area contributed by atoms with E-state index in [1.807, 2.05) is 32.2 Å². The molecule has 0 amide bonds. The van der Waals surface area contributed by atoms with Gasteiger partial charge in [-0.25, -0.2) is 8.42 Å². The average molecular weight is 290 g/mol. The van der Waals surface area contributed by atoms with E-state index in [2.05, 4.69) is 4.98 Å². The van der Waals surface area contributed by atoms with Crippen LogP contribution in [0.25, 0.3) is 0 Å². The van der Waals surface area contributed by atoms with Gasteiger partial charge in [-0.1, -0.05) is 6.07 Å². The molecule has 1 N–H and O–H groups in total. The molecular formula is C15H18N2O2S. The fourth-order valence-corrected chi connectivity index (χ4v) is 4.06. The largest absolute Gasteiger partial charge is 0.365 e. The number of fused-ring (bicyclic) bond motifs is 1. The number of hydrogen-bond acceptors (Lipinski definition) is 2. The Morgan fingerprint density at radius 3 is 2.70 bits per heavy atom. The van der Waals surface area contributed by atoms with Gasteiger partial charge in [0.15, 0.2) is 0 Å². The number of aromatic amines is 1. The number of H-pyrrole nitrogens is 1. The van der Waals surface area contributed by atoms with Crippen LogP contribution in [-0.4, -0.2) is 24.3 Å². The lowest BCUT2D eigenvalue weighted by molar-refractivity contribution is 0.390. The molecule has 5 heteroatoms. The summed E-state index contributed by atoms with van der Waals surface area (Å²) in [6.07, 6.45) is 2.61. The van der Waals surface area contributed by atoms with Gasteiger partial charge in [0.25, 0.3) is 0 Å². The minimum absolute atomic E-state index is 0.389. The molecule has 20 heavy (non-hydrogen) atoms. The zero-order chi connectivity index (χ0) is 14.3. The van der Waals surface area contributed by atoms with Crippen molar-refractivity contribution in [3.8, 4) is 0 Å². The second-order valence-corrected chi connectivity index (χ2v) is 7.25. The highest BCUT2D eigenvalue weighted by Crippen LogP contribution is 2.25. The van der Waals surface area contributed by atoms with Crippen LogP contribution >= 0.6 is 0 Å². The summed E-state index contributed by atoms with van der Waals surface area (Å²) in [6.45, 7) is 4.91. The molecule has 0 radical (unpaired) electrons. The van der Waals surface area contributed by atoms with Gasteiger partial charge in [0, 0.05) is 31.4 Å². The molecule has 1 aliphatic rings. The first-order valence-electron chi connectivity index (χ1n) is 6.71. The summed E-state index contributed by atoms with van der Waals surface area (Å²) in [5.41, 5.74) is 4.33. The van der Waals surface area contributed by atoms with Crippen LogP contribution in [0.2, 0.25) is 0 Å². The van der Waals surface area contributed by atoms with E-state index in [-0.39, 0.29) is 0 Å². The summed E-state index contributed by atoms with van der Waals surface area (Å²) >= 11 is 0. The van der Waals surface area contributed by atoms with Crippen molar-refractivity contribution >= 4 is 10.0 Å². The van der Waals surface area contributed by atoms with Gasteiger partial charge in [-0.05, 0) is 48.7 Å². The number of sulfonamides is 1. The van der Waals surface area contributed by atoms with Crippen molar-refractivity contribution in [2.75, 3.05) is 6.54 Å². The highest BCUT2D eigenvalue weighted by atomic mass is 32.2. The monoisotopic (exact) mass is 290 g/mol. The van der Waals surface area contributed by atoms with Gasteiger partial charge in [0.2, 0.25) is 10.0 Å². The number of benzene rings is 1. The van der Waals surface area contributed by atoms with Crippen molar-refractivity contribution in [1.29, 1.82) is 0 Å². The number of hydrogen-bond donors (Lipinski definition) is 1. The Balaban J connectivity index is 1.95. The molecule has 4 nitrogen and oxygen atoms in total. The summed E-state index contributed by atoms with van der Waals surface area (Å²) < 4.78 is 27.0. The predicted octanol–water partition coefficient (Wildman–Crippen LogP) is 2.38. The van der Waals surface area contributed by atoms with Gasteiger partial charge in [-0.15, -0.1) is 0 Å². The maximum absolute atomic E-state index is 12.7. The van der Waals surface area contributed by atoms with E-state index in [0.717, 1.165) is 28.8 Å². The summed E-state index contributed by atoms with van der Waals surface area (Å²) in [5, 5.41) is 0. The minimum atomic E-state index is -3.40. The van der Waals surface area contributed by atoms with Crippen molar-refractivity contribution in [2.45, 2.75) is 31.7 Å². The zero-order valence-electron chi connectivity index (χ0n) is 11.7. The van der Waals surface area contributed by atoms with Crippen molar-refractivity contribution in [2.24, 2.45) is 0 Å². The third-order valence-electron chi connectivity index (χ3n) is 4.00. The van der Waals surface area contributed by atoms with Crippen LogP contribution in [0.5, 0.6) is 0 Å². The Labute approximate surface area is 119 Å². The van der Waals surface area contributed by atoms with E-state index < -0.39 is 10.0 Å². The van der Waals surface area contributed by atoms with Gasteiger partial charge >= 0.3 is 0 Å². The number of nitrogens with one attached hydrogen (secondary N) is 1. The van der Waals surface area contributed by atoms with E-state index >= 15 is 0 Å². The molecule has 1 aromatic heterocycles. The molecule has 0 bridgehead atoms. The lowest BCUT2D eigenvalue weighted by Crippen LogP contribution is -2.35. The van der Waals surface area contributed by atoms with Crippen LogP contribution < -0.4 is 0 Å². The number of rotatable bonds is 2. The normalized spacial score (nSPS) is 16.1. The molecule has 0 unspecified atom stereocenters. The van der Waals surface area contributed by atoms with Crippen LogP contribution in [0.4, 0.5) is 0 Å². The van der Waals surface area contributed by atoms with Crippen LogP contribution in [0.3, 0.4) is 0 Å². The Hall–Kier alpha value is -1.59. The molecule has 0 atom stereocenters. The fourth-order valence-electron chi connectivity index (χ4n) is 2.55. The van der Waals surface area contributed by atoms with E-state index in [1.54, 1.807) is 16.4 Å². The molecule has 2 heterocycles. The molecule has 0 saturated carbocycles. The van der Waals surface area contributed by atoms with E-state index in [9.17, 15) is 8.42 Å². The second kappa shape index (κ2) is 4.75. The Kier molecular flexibility index (Phi) is 3.18. The molecule has 2 aromatic rings. The first-order valence-corrected chi connectivity index (χ1v) is 8.15. The first-order chi connectivity index (χ1) is 9.48. The third kappa shape index (κ3) is 2.17. The van der Waals surface area contributed by atoms with Crippen molar-refractivity contribution in [3.05, 3.63) is 52.8 Å². The van der Waals surface area contributed by atoms with Gasteiger partial charge in [0.1, 0.15) is 0 Å². The molecule has 0 fully saturated rings. The highest BCUT2D eigenvalue weighted by molar-refractivity contribution is 7.89. The van der Waals surface area contributed by atoms with Crippen LogP contribution in [0.1, 0.15) is 22.4 Å². The van der Waals surface area contributed by atoms with E-state index in [0.29, 0.717) is 18.0 Å². The van der Waals surface area contributed by atoms with Crippen molar-refractivity contribution in [3.63, 3.8) is 0 Å². The Morgan fingerprint density at radius 2 is 1.95 bits per heavy atom. The van der Waals surface area contributed by atoms with Gasteiger partial charge in [0.05, 0.1) is 4.90 Å². The summed E-state index contributed by atoms with van der Waals surface area (Å²) in [7, 11) is -3.40. The topological polar surface area (TPSA) is 53.2 Å². The SMILES string of the molecule is Cc1ccc(S(=O)(=O)N2CCc3[nH]ccc3C2)cc1C. The van der Waals surface area contributed by atoms with Crippen LogP contribution in [-0.2, 0) is 23.0 Å². The Bertz CT molecular complexity index is 747. The smallest absolute Gasteiger partial charge is 0.243 e. The summed E-state index contributed by atoms with van der Waals surface area (Å²) in [4.78, 5) is 3.55. The zero-order valence-corrected chi connectivity index (χ0v) is 12.5. The van der Waals surface area contributed by atoms with E-state index in [1.165, 1.54) is 0 Å². The molecule has 106 valence electrons. The van der Waals surface area contributed by atoms with Gasteiger partial charge in [-0.3, -0.25) is 0 Å². The molecule has 0 saturated heterocycles. The maximum atomic E-state index is 12.7. The number of aromatic nitrogens is 1. The summed E-state index contributed by atoms with van der Waals surface area (Å²) in [6, 6.07) is 7.28. The predicted molar refractivity (Wildman–Crippen MR) is 78.0 cm³/mol. The summed E-state index contributed by atoms with van der Waals surface area (Å²) in [5.74, 6) is 0. The lowest BCUT2D eigenvalue weighted by Gasteiger charge is -2.26. The quantitative estimate of drug-likeness (QED) is 0.923. The maximum Gasteiger partial charge on any atom is 0.243 e. The van der Waals surface area contributed by atoms with Crippen molar-refractivity contribution in [1.82, 2.24) is 9.29 Å². The molecule has 0 spiro atoms. The average Bonchev–Trinajstić information content (AvgIpc) is 2.89. The third-order valence-corrected chi connectivity index (χ3v) is 5.84. The fraction of sp³-hybridized carbons (Fsp3) is 0.333. The van der Waals surface area contributed by atoms with Crippen molar-refractivity contribution < 1.29 is 8.42 Å². The molecule has 1 aliphatic heterocycles. The first kappa shape index (κ1) is 13.4. The minimum Gasteiger partial charge on any atom is -0.365 e. The lowest BCUT2D eigenvalue weighted by atomic mass is 10.1. The molecule has 3 rings (SSSR count). The molecule has 0 aliphatic carbocycles. The standard InChI is InChI=1S/C15H18N2O2S/c1-11-3-4-14(9-12(11)2)20(18,19)17-8-6-15-13(10-17)5-7-16-15/h3-5,7,9,16H,6,8,10H2,1-2H3. The molecule has 1 aromatic carbocycles. The number of nitrogens with zero attached hydrogens (tertiary/aromatic N) is 1. The Morgan fingerprint density at radius 1 is 1.15 bits per heavy atom. The molecular weight excluding hydrogens is 272 g/mol. The van der Waals surface area contributed by atoms with E-state index in [4.69, 9.17) is 0 Å². The van der Waals surface area contributed by atoms with Gasteiger partial charge in [-0.2, -0.15) is 4.31 Å². The second-order valence-electron chi connectivity index (χ2n) is 5.32. The van der Waals surface area contributed by atoms with Gasteiger partial charge < -0.3 is 4.98 Å². The number of aryl methyl sites for hydroxylation is 2. The van der Waals surface area contributed by atoms with Crippen LogP contribution in [0, 0.1) is 13.8 Å². The van der Waals surface area contributed by atoms with Crippen LogP contribution in [0.15, 0.2) is 35.4 Å².